The average Bonchev–Trinajstić information content (AvgIpc) is 2.80. The van der Waals surface area contributed by atoms with Crippen LogP contribution < -0.4 is 4.74 Å². The van der Waals surface area contributed by atoms with Gasteiger partial charge >= 0.3 is 0 Å². The van der Waals surface area contributed by atoms with Crippen molar-refractivity contribution in [3.05, 3.63) is 33.9 Å². The third-order valence-corrected chi connectivity index (χ3v) is 2.74. The van der Waals surface area contributed by atoms with E-state index in [4.69, 9.17) is 37.7 Å². The standard InChI is InChI=1S/C11H6Cl2N2O2/c1-16-11-4-8(12)7(3-9(11)13)10-2-6(5-14)15-17-10/h2-4H,1H3. The van der Waals surface area contributed by atoms with E-state index in [-0.39, 0.29) is 5.69 Å². The van der Waals surface area contributed by atoms with E-state index in [1.165, 1.54) is 13.2 Å². The Kier molecular flexibility index (Phi) is 3.23. The second kappa shape index (κ2) is 4.66. The van der Waals surface area contributed by atoms with Gasteiger partial charge in [0.15, 0.2) is 11.5 Å². The average molecular weight is 269 g/mol. The third-order valence-electron chi connectivity index (χ3n) is 2.13. The molecule has 0 saturated carbocycles. The van der Waals surface area contributed by atoms with Crippen LogP contribution >= 0.6 is 23.2 Å². The van der Waals surface area contributed by atoms with E-state index in [2.05, 4.69) is 5.16 Å². The molecule has 0 atom stereocenters. The van der Waals surface area contributed by atoms with E-state index in [0.717, 1.165) is 0 Å². The summed E-state index contributed by atoms with van der Waals surface area (Å²) in [6.45, 7) is 0. The summed E-state index contributed by atoms with van der Waals surface area (Å²) >= 11 is 12.0. The zero-order valence-electron chi connectivity index (χ0n) is 8.70. The van der Waals surface area contributed by atoms with Gasteiger partial charge in [-0.1, -0.05) is 28.4 Å². The molecule has 1 aromatic carbocycles. The molecule has 0 saturated heterocycles. The van der Waals surface area contributed by atoms with Gasteiger partial charge in [-0.25, -0.2) is 0 Å². The lowest BCUT2D eigenvalue weighted by Gasteiger charge is -2.06. The van der Waals surface area contributed by atoms with Crippen molar-refractivity contribution in [2.75, 3.05) is 7.11 Å². The highest BCUT2D eigenvalue weighted by atomic mass is 35.5. The molecule has 17 heavy (non-hydrogen) atoms. The molecule has 0 fully saturated rings. The van der Waals surface area contributed by atoms with Crippen molar-refractivity contribution in [1.82, 2.24) is 5.16 Å². The van der Waals surface area contributed by atoms with Crippen LogP contribution in [-0.4, -0.2) is 12.3 Å². The summed E-state index contributed by atoms with van der Waals surface area (Å²) < 4.78 is 10.0. The van der Waals surface area contributed by atoms with Crippen LogP contribution in [0.15, 0.2) is 22.7 Å². The molecule has 1 aromatic heterocycles. The highest BCUT2D eigenvalue weighted by Crippen LogP contribution is 2.36. The van der Waals surface area contributed by atoms with Crippen LogP contribution in [0.3, 0.4) is 0 Å². The number of aromatic nitrogens is 1. The molecule has 6 heteroatoms. The largest absolute Gasteiger partial charge is 0.495 e. The Labute approximate surface area is 107 Å². The van der Waals surface area contributed by atoms with E-state index in [1.54, 1.807) is 12.1 Å². The van der Waals surface area contributed by atoms with Gasteiger partial charge < -0.3 is 9.26 Å². The molecule has 0 unspecified atom stereocenters. The number of ether oxygens (including phenoxy) is 1. The normalized spacial score (nSPS) is 10.0. The maximum atomic E-state index is 8.65. The van der Waals surface area contributed by atoms with Gasteiger partial charge in [0.05, 0.1) is 17.2 Å². The van der Waals surface area contributed by atoms with Crippen LogP contribution in [0.25, 0.3) is 11.3 Å². The van der Waals surface area contributed by atoms with Gasteiger partial charge in [-0.2, -0.15) is 5.26 Å². The topological polar surface area (TPSA) is 59.0 Å². The third kappa shape index (κ3) is 2.21. The predicted molar refractivity (Wildman–Crippen MR) is 63.2 cm³/mol. The molecule has 0 amide bonds. The van der Waals surface area contributed by atoms with Crippen molar-refractivity contribution in [3.63, 3.8) is 0 Å². The molecule has 2 rings (SSSR count). The Morgan fingerprint density at radius 3 is 2.65 bits per heavy atom. The number of methoxy groups -OCH3 is 1. The first-order chi connectivity index (χ1) is 8.15. The molecule has 2 aromatic rings. The molecule has 86 valence electrons. The Morgan fingerprint density at radius 2 is 2.06 bits per heavy atom. The lowest BCUT2D eigenvalue weighted by atomic mass is 10.1. The SMILES string of the molecule is COc1cc(Cl)c(-c2cc(C#N)no2)cc1Cl. The van der Waals surface area contributed by atoms with Gasteiger partial charge in [0.25, 0.3) is 0 Å². The van der Waals surface area contributed by atoms with Gasteiger partial charge in [0.1, 0.15) is 11.8 Å². The van der Waals surface area contributed by atoms with Gasteiger partial charge in [-0.15, -0.1) is 0 Å². The van der Waals surface area contributed by atoms with Gasteiger partial charge in [-0.3, -0.25) is 0 Å². The van der Waals surface area contributed by atoms with Crippen molar-refractivity contribution in [3.8, 4) is 23.1 Å². The molecule has 0 aliphatic carbocycles. The van der Waals surface area contributed by atoms with Crippen LogP contribution in [0.5, 0.6) is 5.75 Å². The summed E-state index contributed by atoms with van der Waals surface area (Å²) in [5, 5.41) is 13.0. The Bertz CT molecular complexity index is 602. The molecule has 0 radical (unpaired) electrons. The second-order valence-electron chi connectivity index (χ2n) is 3.15. The van der Waals surface area contributed by atoms with E-state index in [1.807, 2.05) is 6.07 Å². The van der Waals surface area contributed by atoms with Crippen LogP contribution in [0, 0.1) is 11.3 Å². The van der Waals surface area contributed by atoms with Crippen LogP contribution in [0.1, 0.15) is 5.69 Å². The molecule has 0 aliphatic rings. The van der Waals surface area contributed by atoms with E-state index in [0.29, 0.717) is 27.1 Å². The predicted octanol–water partition coefficient (Wildman–Crippen LogP) is 3.53. The van der Waals surface area contributed by atoms with Gasteiger partial charge in [0, 0.05) is 17.7 Å². The summed E-state index contributed by atoms with van der Waals surface area (Å²) in [7, 11) is 1.50. The van der Waals surface area contributed by atoms with Crippen LogP contribution in [0.2, 0.25) is 10.0 Å². The first-order valence-corrected chi connectivity index (χ1v) is 5.31. The summed E-state index contributed by atoms with van der Waals surface area (Å²) in [5.41, 5.74) is 0.745. The number of hydrogen-bond donors (Lipinski definition) is 0. The van der Waals surface area contributed by atoms with Crippen molar-refractivity contribution in [2.24, 2.45) is 0 Å². The fourth-order valence-corrected chi connectivity index (χ4v) is 1.82. The highest BCUT2D eigenvalue weighted by Gasteiger charge is 2.13. The lowest BCUT2D eigenvalue weighted by molar-refractivity contribution is 0.414. The highest BCUT2D eigenvalue weighted by molar-refractivity contribution is 6.36. The molecule has 0 bridgehead atoms. The van der Waals surface area contributed by atoms with Gasteiger partial charge in [0.2, 0.25) is 0 Å². The van der Waals surface area contributed by atoms with Gasteiger partial charge in [-0.05, 0) is 6.07 Å². The Morgan fingerprint density at radius 1 is 1.29 bits per heavy atom. The Balaban J connectivity index is 2.53. The van der Waals surface area contributed by atoms with E-state index in [9.17, 15) is 0 Å². The molecule has 0 N–H and O–H groups in total. The lowest BCUT2D eigenvalue weighted by Crippen LogP contribution is -1.86. The number of halogens is 2. The number of benzene rings is 1. The minimum absolute atomic E-state index is 0.183. The maximum absolute atomic E-state index is 8.65. The summed E-state index contributed by atoms with van der Waals surface area (Å²) in [6.07, 6.45) is 0. The van der Waals surface area contributed by atoms with Crippen molar-refractivity contribution >= 4 is 23.2 Å². The zero-order valence-corrected chi connectivity index (χ0v) is 10.2. The monoisotopic (exact) mass is 268 g/mol. The van der Waals surface area contributed by atoms with Crippen molar-refractivity contribution < 1.29 is 9.26 Å². The quantitative estimate of drug-likeness (QED) is 0.836. The molecular formula is C11H6Cl2N2O2. The molecule has 0 aliphatic heterocycles. The first-order valence-electron chi connectivity index (χ1n) is 4.56. The Hall–Kier alpha value is -1.70. The second-order valence-corrected chi connectivity index (χ2v) is 3.97. The fourth-order valence-electron chi connectivity index (χ4n) is 1.33. The smallest absolute Gasteiger partial charge is 0.184 e. The summed E-state index contributed by atoms with van der Waals surface area (Å²) in [6, 6.07) is 6.54. The first kappa shape index (κ1) is 11.8. The molecular weight excluding hydrogens is 263 g/mol. The summed E-state index contributed by atoms with van der Waals surface area (Å²) in [4.78, 5) is 0. The van der Waals surface area contributed by atoms with E-state index >= 15 is 0 Å². The zero-order chi connectivity index (χ0) is 12.4. The van der Waals surface area contributed by atoms with Crippen LogP contribution in [0.4, 0.5) is 0 Å². The van der Waals surface area contributed by atoms with Crippen molar-refractivity contribution in [2.45, 2.75) is 0 Å². The summed E-state index contributed by atoms with van der Waals surface area (Å²) in [5.74, 6) is 0.858. The number of nitriles is 1. The fraction of sp³-hybridized carbons (Fsp3) is 0.0909. The number of nitrogens with zero attached hydrogens (tertiary/aromatic N) is 2. The molecule has 4 nitrogen and oxygen atoms in total. The van der Waals surface area contributed by atoms with Crippen LogP contribution in [-0.2, 0) is 0 Å². The minimum atomic E-state index is 0.183. The molecule has 0 spiro atoms. The number of hydrogen-bond acceptors (Lipinski definition) is 4. The maximum Gasteiger partial charge on any atom is 0.184 e. The molecule has 1 heterocycles. The van der Waals surface area contributed by atoms with Crippen molar-refractivity contribution in [1.29, 1.82) is 5.26 Å². The minimum Gasteiger partial charge on any atom is -0.495 e. The van der Waals surface area contributed by atoms with E-state index < -0.39 is 0 Å². The number of rotatable bonds is 2.